The Labute approximate surface area is 57.6 Å². The van der Waals surface area contributed by atoms with Crippen LogP contribution in [0.5, 0.6) is 0 Å². The maximum atomic E-state index is 10.9. The standard InChI is InChI=1S/C5H8N2OS/c8-5-3-2-9-4(7-3)1-6-5/h3-4,7H,1-2H2,(H,6,8)/t3-,4+/m0/s1. The van der Waals surface area contributed by atoms with Gasteiger partial charge in [0.2, 0.25) is 5.91 Å². The first-order valence-corrected chi connectivity index (χ1v) is 4.06. The normalized spacial score (nSPS) is 40.7. The first-order chi connectivity index (χ1) is 4.36. The summed E-state index contributed by atoms with van der Waals surface area (Å²) in [5.41, 5.74) is 0. The van der Waals surface area contributed by atoms with Crippen LogP contribution in [0, 0.1) is 0 Å². The quantitative estimate of drug-likeness (QED) is 0.465. The molecule has 0 saturated carbocycles. The van der Waals surface area contributed by atoms with Crippen molar-refractivity contribution >= 4 is 17.7 Å². The molecular weight excluding hydrogens is 136 g/mol. The van der Waals surface area contributed by atoms with Crippen molar-refractivity contribution in [2.24, 2.45) is 0 Å². The third kappa shape index (κ3) is 0.822. The van der Waals surface area contributed by atoms with Crippen molar-refractivity contribution in [3.05, 3.63) is 0 Å². The van der Waals surface area contributed by atoms with Crippen LogP contribution in [0.2, 0.25) is 0 Å². The Morgan fingerprint density at radius 3 is 3.33 bits per heavy atom. The van der Waals surface area contributed by atoms with E-state index in [-0.39, 0.29) is 11.9 Å². The van der Waals surface area contributed by atoms with E-state index in [1.165, 1.54) is 0 Å². The van der Waals surface area contributed by atoms with E-state index >= 15 is 0 Å². The highest BCUT2D eigenvalue weighted by Crippen LogP contribution is 2.20. The van der Waals surface area contributed by atoms with Crippen molar-refractivity contribution in [2.45, 2.75) is 11.4 Å². The third-order valence-electron chi connectivity index (χ3n) is 1.63. The molecule has 2 heterocycles. The van der Waals surface area contributed by atoms with Gasteiger partial charge in [-0.05, 0) is 0 Å². The van der Waals surface area contributed by atoms with Gasteiger partial charge in [-0.1, -0.05) is 0 Å². The summed E-state index contributed by atoms with van der Waals surface area (Å²) >= 11 is 1.82. The Kier molecular flexibility index (Phi) is 1.16. The van der Waals surface area contributed by atoms with Crippen molar-refractivity contribution in [1.29, 1.82) is 0 Å². The van der Waals surface area contributed by atoms with E-state index in [0.29, 0.717) is 5.37 Å². The van der Waals surface area contributed by atoms with E-state index in [0.717, 1.165) is 12.3 Å². The van der Waals surface area contributed by atoms with Crippen LogP contribution in [0.1, 0.15) is 0 Å². The molecule has 2 atom stereocenters. The molecule has 0 spiro atoms. The molecule has 0 aromatic rings. The van der Waals surface area contributed by atoms with E-state index in [4.69, 9.17) is 0 Å². The highest BCUT2D eigenvalue weighted by molar-refractivity contribution is 8.00. The molecule has 2 rings (SSSR count). The minimum absolute atomic E-state index is 0.0914. The van der Waals surface area contributed by atoms with Crippen molar-refractivity contribution < 1.29 is 4.79 Å². The van der Waals surface area contributed by atoms with Crippen LogP contribution >= 0.6 is 11.8 Å². The molecule has 0 aromatic carbocycles. The van der Waals surface area contributed by atoms with Gasteiger partial charge in [0.05, 0.1) is 11.4 Å². The number of amides is 1. The summed E-state index contributed by atoms with van der Waals surface area (Å²) < 4.78 is 0. The number of nitrogens with one attached hydrogen (secondary N) is 2. The van der Waals surface area contributed by atoms with Gasteiger partial charge < -0.3 is 5.32 Å². The Bertz CT molecular complexity index is 150. The zero-order valence-corrected chi connectivity index (χ0v) is 5.70. The third-order valence-corrected chi connectivity index (χ3v) is 2.86. The Morgan fingerprint density at radius 1 is 1.67 bits per heavy atom. The number of rotatable bonds is 0. The molecule has 2 N–H and O–H groups in total. The second kappa shape index (κ2) is 1.88. The van der Waals surface area contributed by atoms with Crippen molar-refractivity contribution in [3.8, 4) is 0 Å². The van der Waals surface area contributed by atoms with E-state index in [2.05, 4.69) is 10.6 Å². The zero-order chi connectivity index (χ0) is 6.27. The lowest BCUT2D eigenvalue weighted by atomic mass is 10.2. The minimum atomic E-state index is 0.0914. The van der Waals surface area contributed by atoms with Crippen molar-refractivity contribution in [3.63, 3.8) is 0 Å². The van der Waals surface area contributed by atoms with Gasteiger partial charge in [0, 0.05) is 12.3 Å². The largest absolute Gasteiger partial charge is 0.352 e. The lowest BCUT2D eigenvalue weighted by Gasteiger charge is -2.19. The Hall–Kier alpha value is -0.220. The molecule has 9 heavy (non-hydrogen) atoms. The molecule has 3 nitrogen and oxygen atoms in total. The molecule has 4 heteroatoms. The number of carbonyl (C=O) groups is 1. The minimum Gasteiger partial charge on any atom is -0.352 e. The summed E-state index contributed by atoms with van der Waals surface area (Å²) in [6, 6.07) is 0.0914. The molecule has 2 bridgehead atoms. The molecule has 50 valence electrons. The molecule has 2 aliphatic rings. The van der Waals surface area contributed by atoms with Gasteiger partial charge in [-0.25, -0.2) is 0 Å². The molecule has 0 aromatic heterocycles. The van der Waals surface area contributed by atoms with E-state index in [1.54, 1.807) is 0 Å². The average Bonchev–Trinajstić information content (AvgIpc) is 2.25. The fourth-order valence-corrected chi connectivity index (χ4v) is 2.25. The molecule has 2 saturated heterocycles. The van der Waals surface area contributed by atoms with Gasteiger partial charge in [0.25, 0.3) is 0 Å². The monoisotopic (exact) mass is 144 g/mol. The summed E-state index contributed by atoms with van der Waals surface area (Å²) in [5.74, 6) is 1.10. The molecule has 1 amide bonds. The topological polar surface area (TPSA) is 41.1 Å². The van der Waals surface area contributed by atoms with Crippen LogP contribution in [0.3, 0.4) is 0 Å². The first-order valence-electron chi connectivity index (χ1n) is 3.01. The fraction of sp³-hybridized carbons (Fsp3) is 0.800. The van der Waals surface area contributed by atoms with Gasteiger partial charge in [0.15, 0.2) is 0 Å². The average molecular weight is 144 g/mol. The Morgan fingerprint density at radius 2 is 2.56 bits per heavy atom. The summed E-state index contributed by atoms with van der Waals surface area (Å²) in [5, 5.41) is 6.49. The van der Waals surface area contributed by atoms with Crippen LogP contribution in [0.15, 0.2) is 0 Å². The second-order valence-electron chi connectivity index (χ2n) is 2.29. The zero-order valence-electron chi connectivity index (χ0n) is 4.89. The maximum Gasteiger partial charge on any atom is 0.238 e. The molecule has 0 radical (unpaired) electrons. The smallest absolute Gasteiger partial charge is 0.238 e. The van der Waals surface area contributed by atoms with Crippen molar-refractivity contribution in [1.82, 2.24) is 10.6 Å². The van der Waals surface area contributed by atoms with Crippen LogP contribution in [-0.2, 0) is 4.79 Å². The van der Waals surface area contributed by atoms with Crippen LogP contribution < -0.4 is 10.6 Å². The molecule has 2 aliphatic heterocycles. The van der Waals surface area contributed by atoms with E-state index in [1.807, 2.05) is 11.8 Å². The summed E-state index contributed by atoms with van der Waals surface area (Å²) in [7, 11) is 0. The number of carbonyl (C=O) groups excluding carboxylic acids is 1. The van der Waals surface area contributed by atoms with Crippen LogP contribution in [-0.4, -0.2) is 29.6 Å². The number of fused-ring (bicyclic) bond motifs is 2. The summed E-state index contributed by atoms with van der Waals surface area (Å²) in [6.45, 7) is 0.792. The highest BCUT2D eigenvalue weighted by atomic mass is 32.2. The van der Waals surface area contributed by atoms with Crippen molar-refractivity contribution in [2.75, 3.05) is 12.3 Å². The molecule has 0 aliphatic carbocycles. The first kappa shape index (κ1) is 5.56. The predicted octanol–water partition coefficient (Wildman–Crippen LogP) is -0.853. The highest BCUT2D eigenvalue weighted by Gasteiger charge is 2.33. The lowest BCUT2D eigenvalue weighted by Crippen LogP contribution is -2.53. The van der Waals surface area contributed by atoms with Gasteiger partial charge in [0.1, 0.15) is 0 Å². The SMILES string of the molecule is O=C1NC[C@@H]2N[C@H]1CS2. The summed E-state index contributed by atoms with van der Waals surface area (Å²) in [6.07, 6.45) is 0. The second-order valence-corrected chi connectivity index (χ2v) is 3.52. The Balaban J connectivity index is 2.14. The number of thioether (sulfide) groups is 1. The van der Waals surface area contributed by atoms with Gasteiger partial charge in [-0.3, -0.25) is 10.1 Å². The van der Waals surface area contributed by atoms with Gasteiger partial charge >= 0.3 is 0 Å². The fourth-order valence-electron chi connectivity index (χ4n) is 1.12. The van der Waals surface area contributed by atoms with Gasteiger partial charge in [-0.15, -0.1) is 11.8 Å². The predicted molar refractivity (Wildman–Crippen MR) is 36.2 cm³/mol. The van der Waals surface area contributed by atoms with Crippen LogP contribution in [0.25, 0.3) is 0 Å². The summed E-state index contributed by atoms with van der Waals surface area (Å²) in [4.78, 5) is 10.9. The van der Waals surface area contributed by atoms with Crippen LogP contribution in [0.4, 0.5) is 0 Å². The number of piperazine rings is 1. The number of hydrogen-bond acceptors (Lipinski definition) is 3. The van der Waals surface area contributed by atoms with Gasteiger partial charge in [-0.2, -0.15) is 0 Å². The maximum absolute atomic E-state index is 10.9. The lowest BCUT2D eigenvalue weighted by molar-refractivity contribution is -0.123. The number of hydrogen-bond donors (Lipinski definition) is 2. The van der Waals surface area contributed by atoms with E-state index in [9.17, 15) is 4.79 Å². The van der Waals surface area contributed by atoms with E-state index < -0.39 is 0 Å². The molecule has 0 unspecified atom stereocenters. The molecule has 2 fully saturated rings. The molecular formula is C5H8N2OS.